The van der Waals surface area contributed by atoms with Gasteiger partial charge in [-0.2, -0.15) is 0 Å². The van der Waals surface area contributed by atoms with Gasteiger partial charge in [-0.25, -0.2) is 0 Å². The van der Waals surface area contributed by atoms with Gasteiger partial charge in [0.05, 0.1) is 6.61 Å². The van der Waals surface area contributed by atoms with E-state index in [0.29, 0.717) is 25.0 Å². The molecular weight excluding hydrogens is 697 g/mol. The molecule has 6 heteroatoms. The van der Waals surface area contributed by atoms with E-state index >= 15 is 0 Å². The first-order valence-electron chi connectivity index (χ1n) is 23.9. The van der Waals surface area contributed by atoms with E-state index < -0.39 is 0 Å². The predicted octanol–water partition coefficient (Wildman–Crippen LogP) is 15.5. The Balaban J connectivity index is 4.31. The maximum Gasteiger partial charge on any atom is 0.305 e. The highest BCUT2D eigenvalue weighted by Crippen LogP contribution is 2.22. The van der Waals surface area contributed by atoms with Crippen LogP contribution in [-0.4, -0.2) is 66.6 Å². The van der Waals surface area contributed by atoms with Crippen molar-refractivity contribution in [1.82, 2.24) is 9.80 Å². The van der Waals surface area contributed by atoms with Crippen molar-refractivity contribution in [3.8, 4) is 0 Å². The molecule has 0 aliphatic rings. The van der Waals surface area contributed by atoms with Gasteiger partial charge in [0.1, 0.15) is 0 Å². The Kier molecular flexibility index (Phi) is 41.4. The lowest BCUT2D eigenvalue weighted by Gasteiger charge is -2.24. The van der Waals surface area contributed by atoms with E-state index in [1.807, 2.05) is 0 Å². The number of thioether (sulfide) groups is 1. The van der Waals surface area contributed by atoms with Crippen molar-refractivity contribution in [2.75, 3.05) is 39.5 Å². The van der Waals surface area contributed by atoms with Crippen molar-refractivity contribution in [1.29, 1.82) is 0 Å². The normalized spacial score (nSPS) is 13.0. The van der Waals surface area contributed by atoms with Crippen molar-refractivity contribution in [2.45, 2.75) is 233 Å². The zero-order valence-electron chi connectivity index (χ0n) is 37.7. The average Bonchev–Trinajstić information content (AvgIpc) is 3.17. The predicted molar refractivity (Wildman–Crippen MR) is 245 cm³/mol. The summed E-state index contributed by atoms with van der Waals surface area (Å²) in [6, 6.07) is 0.380. The highest BCUT2D eigenvalue weighted by molar-refractivity contribution is 8.13. The van der Waals surface area contributed by atoms with Gasteiger partial charge in [0, 0.05) is 31.3 Å². The van der Waals surface area contributed by atoms with Crippen molar-refractivity contribution in [3.05, 3.63) is 24.3 Å². The summed E-state index contributed by atoms with van der Waals surface area (Å²) in [6.45, 7) is 11.3. The fraction of sp³-hybridized carbons (Fsp3) is 0.878. The van der Waals surface area contributed by atoms with Crippen LogP contribution in [0.5, 0.6) is 0 Å². The van der Waals surface area contributed by atoms with Gasteiger partial charge < -0.3 is 14.5 Å². The minimum atomic E-state index is -0.0160. The summed E-state index contributed by atoms with van der Waals surface area (Å²) >= 11 is 1.49. The van der Waals surface area contributed by atoms with Crippen molar-refractivity contribution in [2.24, 2.45) is 5.92 Å². The van der Waals surface area contributed by atoms with E-state index in [4.69, 9.17) is 4.74 Å². The third-order valence-electron chi connectivity index (χ3n) is 11.2. The standard InChI is InChI=1S/C49H94N2O3S/c1-7-10-13-16-18-19-20-21-22-23-24-25-26-27-31-36-42-51(49(53)55-45-46(4)50(5)6)43-37-32-28-30-35-40-48(52)54-44-41-47(38-33-15-12-9-3)39-34-29-17-14-11-8-2/h19-20,22-23,46-47H,7-18,21,24-45H2,1-6H3. The van der Waals surface area contributed by atoms with Crippen LogP contribution in [0.25, 0.3) is 0 Å². The summed E-state index contributed by atoms with van der Waals surface area (Å²) in [5, 5.41) is 0.242. The number of esters is 1. The van der Waals surface area contributed by atoms with Gasteiger partial charge in [-0.3, -0.25) is 9.59 Å². The number of ether oxygens (including phenoxy) is 1. The quantitative estimate of drug-likeness (QED) is 0.0351. The Morgan fingerprint density at radius 1 is 0.564 bits per heavy atom. The van der Waals surface area contributed by atoms with E-state index in [1.54, 1.807) is 0 Å². The van der Waals surface area contributed by atoms with Gasteiger partial charge in [-0.1, -0.05) is 192 Å². The largest absolute Gasteiger partial charge is 0.466 e. The summed E-state index contributed by atoms with van der Waals surface area (Å²) in [7, 11) is 4.17. The van der Waals surface area contributed by atoms with Crippen LogP contribution in [0.4, 0.5) is 4.79 Å². The number of amides is 1. The van der Waals surface area contributed by atoms with Crippen molar-refractivity contribution >= 4 is 23.0 Å². The lowest BCUT2D eigenvalue weighted by atomic mass is 9.92. The van der Waals surface area contributed by atoms with Crippen LogP contribution >= 0.6 is 11.8 Å². The monoisotopic (exact) mass is 791 g/mol. The molecule has 0 aliphatic heterocycles. The summed E-state index contributed by atoms with van der Waals surface area (Å²) in [5.74, 6) is 1.52. The van der Waals surface area contributed by atoms with Crippen LogP contribution in [0.15, 0.2) is 24.3 Å². The number of carbonyl (C=O) groups is 2. The molecule has 0 aromatic rings. The molecule has 0 aromatic carbocycles. The molecular formula is C49H94N2O3S. The molecule has 55 heavy (non-hydrogen) atoms. The number of hydrogen-bond acceptors (Lipinski definition) is 5. The molecule has 0 saturated carbocycles. The van der Waals surface area contributed by atoms with E-state index in [9.17, 15) is 9.59 Å². The van der Waals surface area contributed by atoms with Gasteiger partial charge in [0.25, 0.3) is 5.24 Å². The molecule has 0 fully saturated rings. The number of rotatable bonds is 41. The minimum Gasteiger partial charge on any atom is -0.466 e. The van der Waals surface area contributed by atoms with Gasteiger partial charge in [0.15, 0.2) is 0 Å². The Bertz CT molecular complexity index is 891. The maximum atomic E-state index is 13.2. The van der Waals surface area contributed by atoms with Crippen LogP contribution < -0.4 is 0 Å². The zero-order chi connectivity index (χ0) is 40.5. The second-order valence-corrected chi connectivity index (χ2v) is 17.7. The van der Waals surface area contributed by atoms with Crippen LogP contribution in [0, 0.1) is 5.92 Å². The third kappa shape index (κ3) is 38.0. The van der Waals surface area contributed by atoms with E-state index in [1.165, 1.54) is 153 Å². The molecule has 0 spiro atoms. The number of nitrogens with zero attached hydrogens (tertiary/aromatic N) is 2. The molecule has 0 radical (unpaired) electrons. The Labute approximate surface area is 348 Å². The lowest BCUT2D eigenvalue weighted by molar-refractivity contribution is -0.144. The van der Waals surface area contributed by atoms with Crippen LogP contribution in [0.2, 0.25) is 0 Å². The van der Waals surface area contributed by atoms with Gasteiger partial charge in [0.2, 0.25) is 0 Å². The number of carbonyl (C=O) groups excluding carboxylic acids is 2. The van der Waals surface area contributed by atoms with Crippen molar-refractivity contribution in [3.63, 3.8) is 0 Å². The first-order chi connectivity index (χ1) is 26.8. The van der Waals surface area contributed by atoms with E-state index in [-0.39, 0.29) is 11.2 Å². The number of hydrogen-bond donors (Lipinski definition) is 0. The fourth-order valence-electron chi connectivity index (χ4n) is 7.04. The average molecular weight is 791 g/mol. The van der Waals surface area contributed by atoms with E-state index in [0.717, 1.165) is 70.2 Å². The summed E-state index contributed by atoms with van der Waals surface area (Å²) in [5.41, 5.74) is 0. The fourth-order valence-corrected chi connectivity index (χ4v) is 8.08. The number of allylic oxidation sites excluding steroid dienone is 4. The van der Waals surface area contributed by atoms with Crippen LogP contribution in [0.3, 0.4) is 0 Å². The highest BCUT2D eigenvalue weighted by Gasteiger charge is 2.16. The molecule has 2 unspecified atom stereocenters. The third-order valence-corrected chi connectivity index (χ3v) is 12.4. The van der Waals surface area contributed by atoms with Gasteiger partial charge in [-0.05, 0) is 84.7 Å². The molecule has 0 N–H and O–H groups in total. The molecule has 324 valence electrons. The zero-order valence-corrected chi connectivity index (χ0v) is 38.6. The van der Waals surface area contributed by atoms with Crippen molar-refractivity contribution < 1.29 is 14.3 Å². The molecule has 0 aliphatic carbocycles. The molecule has 5 nitrogen and oxygen atoms in total. The molecule has 0 bridgehead atoms. The van der Waals surface area contributed by atoms with Crippen LogP contribution in [0.1, 0.15) is 227 Å². The second kappa shape index (κ2) is 42.3. The summed E-state index contributed by atoms with van der Waals surface area (Å²) in [4.78, 5) is 30.0. The van der Waals surface area contributed by atoms with Crippen LogP contribution in [-0.2, 0) is 9.53 Å². The van der Waals surface area contributed by atoms with E-state index in [2.05, 4.69) is 75.9 Å². The first-order valence-corrected chi connectivity index (χ1v) is 24.9. The number of unbranched alkanes of at least 4 members (excludes halogenated alkanes) is 21. The molecule has 1 amide bonds. The smallest absolute Gasteiger partial charge is 0.305 e. The molecule has 0 heterocycles. The summed E-state index contributed by atoms with van der Waals surface area (Å²) in [6.07, 6.45) is 47.0. The minimum absolute atomic E-state index is 0.0160. The van der Waals surface area contributed by atoms with Gasteiger partial charge >= 0.3 is 5.97 Å². The SMILES string of the molecule is CCCCCCC=CCC=CCCCCCCCN(CCCCCCCC(=O)OCCC(CCCCCC)CCCCCCCC)C(=O)SCC(C)N(C)C. The Hall–Kier alpha value is -1.27. The summed E-state index contributed by atoms with van der Waals surface area (Å²) < 4.78 is 5.71. The maximum absolute atomic E-state index is 13.2. The molecule has 2 atom stereocenters. The Morgan fingerprint density at radius 2 is 1.02 bits per heavy atom. The topological polar surface area (TPSA) is 49.9 Å². The first kappa shape index (κ1) is 53.7. The highest BCUT2D eigenvalue weighted by atomic mass is 32.2. The van der Waals surface area contributed by atoms with Gasteiger partial charge in [-0.15, -0.1) is 0 Å². The Morgan fingerprint density at radius 3 is 1.56 bits per heavy atom. The second-order valence-electron chi connectivity index (χ2n) is 16.8. The lowest BCUT2D eigenvalue weighted by Crippen LogP contribution is -2.32. The molecule has 0 aromatic heterocycles. The molecule has 0 rings (SSSR count). The molecule has 0 saturated heterocycles.